The van der Waals surface area contributed by atoms with Gasteiger partial charge in [0.05, 0.1) is 12.0 Å². The summed E-state index contributed by atoms with van der Waals surface area (Å²) in [4.78, 5) is 10.9. The van der Waals surface area contributed by atoms with E-state index >= 15 is 0 Å². The molecule has 0 fully saturated rings. The highest BCUT2D eigenvalue weighted by Gasteiger charge is 2.16. The molecule has 0 spiro atoms. The Morgan fingerprint density at radius 3 is 2.58 bits per heavy atom. The molecule has 0 unspecified atom stereocenters. The first-order chi connectivity index (χ1) is 9.08. The number of carbonyl (C=O) groups is 1. The number of hydrogen-bond acceptors (Lipinski definition) is 3. The second-order valence-corrected chi connectivity index (χ2v) is 5.69. The Labute approximate surface area is 113 Å². The average Bonchev–Trinajstić information content (AvgIpc) is 2.80. The van der Waals surface area contributed by atoms with Crippen LogP contribution in [0.4, 0.5) is 0 Å². The number of hydrogen-bond donors (Lipinski definition) is 1. The van der Waals surface area contributed by atoms with Gasteiger partial charge in [-0.15, -0.1) is 0 Å². The first-order valence-corrected chi connectivity index (χ1v) is 7.26. The van der Waals surface area contributed by atoms with Gasteiger partial charge in [-0.05, 0) is 24.1 Å². The summed E-state index contributed by atoms with van der Waals surface area (Å²) in [5.41, 5.74) is 2.57. The first-order valence-electron chi connectivity index (χ1n) is 5.77. The fraction of sp³-hybridized carbons (Fsp3) is 0.214. The number of carboxylic acid groups (broad SMARTS) is 1. The van der Waals surface area contributed by atoms with Crippen LogP contribution in [0.2, 0.25) is 0 Å². The lowest BCUT2D eigenvalue weighted by Gasteiger charge is -2.05. The molecular weight excluding hydrogens is 264 g/mol. The van der Waals surface area contributed by atoms with Crippen molar-refractivity contribution < 1.29 is 18.5 Å². The molecule has 0 aliphatic rings. The highest BCUT2D eigenvalue weighted by molar-refractivity contribution is 7.83. The van der Waals surface area contributed by atoms with Crippen LogP contribution in [0.5, 0.6) is 0 Å². The van der Waals surface area contributed by atoms with Gasteiger partial charge in [0.1, 0.15) is 0 Å². The molecule has 4 nitrogen and oxygen atoms in total. The number of aromatic carboxylic acids is 1. The standard InChI is InChI=1S/C14H14O4S/c1-10-4-2-3-5-11(10)8-19(17)9-12-6-7-18-13(12)14(15)16/h2-7H,8-9H2,1H3,(H,15,16)/t19-/m0/s1. The quantitative estimate of drug-likeness (QED) is 0.913. The Bertz CT molecular complexity index is 615. The lowest BCUT2D eigenvalue weighted by molar-refractivity contribution is 0.0661. The molecule has 1 aromatic carbocycles. The van der Waals surface area contributed by atoms with Gasteiger partial charge in [-0.2, -0.15) is 0 Å². The van der Waals surface area contributed by atoms with Gasteiger partial charge in [-0.3, -0.25) is 4.21 Å². The van der Waals surface area contributed by atoms with Crippen molar-refractivity contribution in [2.24, 2.45) is 0 Å². The summed E-state index contributed by atoms with van der Waals surface area (Å²) >= 11 is 0. The Balaban J connectivity index is 2.08. The molecule has 2 rings (SSSR count). The maximum Gasteiger partial charge on any atom is 0.372 e. The topological polar surface area (TPSA) is 67.5 Å². The molecule has 5 heteroatoms. The lowest BCUT2D eigenvalue weighted by Crippen LogP contribution is -2.04. The van der Waals surface area contributed by atoms with E-state index in [4.69, 9.17) is 9.52 Å². The van der Waals surface area contributed by atoms with Gasteiger partial charge in [0.2, 0.25) is 5.76 Å². The van der Waals surface area contributed by atoms with Crippen molar-refractivity contribution in [3.05, 3.63) is 59.0 Å². The van der Waals surface area contributed by atoms with Crippen LogP contribution in [0, 0.1) is 6.92 Å². The molecular formula is C14H14O4S. The Hall–Kier alpha value is -1.88. The van der Waals surface area contributed by atoms with Gasteiger partial charge >= 0.3 is 5.97 Å². The second-order valence-electron chi connectivity index (χ2n) is 4.24. The lowest BCUT2D eigenvalue weighted by atomic mass is 10.1. The van der Waals surface area contributed by atoms with Gasteiger partial charge in [0, 0.05) is 22.1 Å². The Morgan fingerprint density at radius 2 is 1.89 bits per heavy atom. The smallest absolute Gasteiger partial charge is 0.372 e. The molecule has 0 amide bonds. The SMILES string of the molecule is Cc1ccccc1C[S@](=O)Cc1ccoc1C(=O)O. The number of furan rings is 1. The molecule has 2 aromatic rings. The molecule has 1 heterocycles. The molecule has 0 radical (unpaired) electrons. The van der Waals surface area contributed by atoms with Crippen LogP contribution in [0.25, 0.3) is 0 Å². The number of rotatable bonds is 5. The van der Waals surface area contributed by atoms with Gasteiger partial charge in [0.25, 0.3) is 0 Å². The van der Waals surface area contributed by atoms with Crippen molar-refractivity contribution in [3.8, 4) is 0 Å². The van der Waals surface area contributed by atoms with Crippen LogP contribution in [0.3, 0.4) is 0 Å². The minimum atomic E-state index is -1.16. The normalized spacial score (nSPS) is 12.3. The fourth-order valence-electron chi connectivity index (χ4n) is 1.81. The highest BCUT2D eigenvalue weighted by atomic mass is 32.2. The molecule has 1 atom stereocenters. The van der Waals surface area contributed by atoms with Crippen LogP contribution >= 0.6 is 0 Å². The van der Waals surface area contributed by atoms with Gasteiger partial charge in [0.15, 0.2) is 0 Å². The van der Waals surface area contributed by atoms with E-state index < -0.39 is 16.8 Å². The highest BCUT2D eigenvalue weighted by Crippen LogP contribution is 2.16. The Morgan fingerprint density at radius 1 is 1.21 bits per heavy atom. The van der Waals surface area contributed by atoms with Crippen LogP contribution in [0.1, 0.15) is 27.2 Å². The zero-order valence-corrected chi connectivity index (χ0v) is 11.3. The van der Waals surface area contributed by atoms with E-state index in [9.17, 15) is 9.00 Å². The zero-order chi connectivity index (χ0) is 13.8. The van der Waals surface area contributed by atoms with Gasteiger partial charge in [-0.25, -0.2) is 4.79 Å². The maximum atomic E-state index is 12.1. The van der Waals surface area contributed by atoms with E-state index in [-0.39, 0.29) is 11.5 Å². The van der Waals surface area contributed by atoms with Crippen molar-refractivity contribution in [2.45, 2.75) is 18.4 Å². The van der Waals surface area contributed by atoms with Crippen LogP contribution in [-0.2, 0) is 22.3 Å². The number of benzene rings is 1. The molecule has 19 heavy (non-hydrogen) atoms. The van der Waals surface area contributed by atoms with Crippen LogP contribution in [0.15, 0.2) is 41.0 Å². The van der Waals surface area contributed by atoms with Crippen molar-refractivity contribution in [3.63, 3.8) is 0 Å². The summed E-state index contributed by atoms with van der Waals surface area (Å²) in [6.07, 6.45) is 1.31. The van der Waals surface area contributed by atoms with Gasteiger partial charge < -0.3 is 9.52 Å². The van der Waals surface area contributed by atoms with E-state index in [2.05, 4.69) is 0 Å². The van der Waals surface area contributed by atoms with E-state index in [1.165, 1.54) is 6.26 Å². The van der Waals surface area contributed by atoms with Crippen LogP contribution in [-0.4, -0.2) is 15.3 Å². The summed E-state index contributed by atoms with van der Waals surface area (Å²) in [5, 5.41) is 8.91. The van der Waals surface area contributed by atoms with Crippen molar-refractivity contribution in [2.75, 3.05) is 0 Å². The summed E-state index contributed by atoms with van der Waals surface area (Å²) in [7, 11) is -1.16. The van der Waals surface area contributed by atoms with E-state index in [0.717, 1.165) is 11.1 Å². The second kappa shape index (κ2) is 5.84. The monoisotopic (exact) mass is 278 g/mol. The number of carboxylic acids is 1. The molecule has 1 N–H and O–H groups in total. The summed E-state index contributed by atoms with van der Waals surface area (Å²) in [6, 6.07) is 9.29. The van der Waals surface area contributed by atoms with Crippen molar-refractivity contribution >= 4 is 16.8 Å². The van der Waals surface area contributed by atoms with E-state index in [1.54, 1.807) is 6.07 Å². The molecule has 0 aliphatic carbocycles. The fourth-order valence-corrected chi connectivity index (χ4v) is 3.15. The largest absolute Gasteiger partial charge is 0.475 e. The predicted octanol–water partition coefficient (Wildman–Crippen LogP) is 2.74. The molecule has 0 bridgehead atoms. The van der Waals surface area contributed by atoms with Crippen LogP contribution < -0.4 is 0 Å². The Kier molecular flexibility index (Phi) is 4.16. The summed E-state index contributed by atoms with van der Waals surface area (Å²) in [5.74, 6) is -0.658. The summed E-state index contributed by atoms with van der Waals surface area (Å²) in [6.45, 7) is 1.97. The molecule has 0 aliphatic heterocycles. The maximum absolute atomic E-state index is 12.1. The first kappa shape index (κ1) is 13.5. The van der Waals surface area contributed by atoms with E-state index in [1.807, 2.05) is 31.2 Å². The van der Waals surface area contributed by atoms with Gasteiger partial charge in [-0.1, -0.05) is 24.3 Å². The molecule has 1 aromatic heterocycles. The number of aryl methyl sites for hydroxylation is 1. The summed E-state index contributed by atoms with van der Waals surface area (Å²) < 4.78 is 17.0. The predicted molar refractivity (Wildman–Crippen MR) is 72.4 cm³/mol. The minimum Gasteiger partial charge on any atom is -0.475 e. The molecule has 100 valence electrons. The van der Waals surface area contributed by atoms with Crippen molar-refractivity contribution in [1.82, 2.24) is 0 Å². The average molecular weight is 278 g/mol. The third-order valence-corrected chi connectivity index (χ3v) is 4.10. The third-order valence-electron chi connectivity index (χ3n) is 2.84. The minimum absolute atomic E-state index is 0.127. The molecule has 0 saturated heterocycles. The zero-order valence-electron chi connectivity index (χ0n) is 10.5. The molecule has 0 saturated carbocycles. The third kappa shape index (κ3) is 3.32. The van der Waals surface area contributed by atoms with E-state index in [0.29, 0.717) is 11.3 Å². The van der Waals surface area contributed by atoms with Crippen molar-refractivity contribution in [1.29, 1.82) is 0 Å².